The molecule has 0 aromatic heterocycles. The maximum atomic E-state index is 8.71. The summed E-state index contributed by atoms with van der Waals surface area (Å²) in [6.45, 7) is 0. The number of hydrogen-bond acceptors (Lipinski definition) is 3. The van der Waals surface area contributed by atoms with Crippen LogP contribution in [0.4, 0.5) is 0 Å². The van der Waals surface area contributed by atoms with Gasteiger partial charge in [0.05, 0.1) is 12.8 Å². The van der Waals surface area contributed by atoms with Crippen LogP contribution in [0.2, 0.25) is 0 Å². The second-order valence-corrected chi connectivity index (χ2v) is 4.18. The van der Waals surface area contributed by atoms with Gasteiger partial charge in [-0.3, -0.25) is 0 Å². The highest BCUT2D eigenvalue weighted by atomic mass is 16.5. The predicted octanol–water partition coefficient (Wildman–Crippen LogP) is 3.18. The molecule has 1 aromatic rings. The molecule has 0 bridgehead atoms. The van der Waals surface area contributed by atoms with Gasteiger partial charge in [-0.15, -0.1) is 0 Å². The predicted molar refractivity (Wildman–Crippen MR) is 63.4 cm³/mol. The zero-order valence-corrected chi connectivity index (χ0v) is 9.52. The summed E-state index contributed by atoms with van der Waals surface area (Å²) in [4.78, 5) is 0. The lowest BCUT2D eigenvalue weighted by Gasteiger charge is -2.24. The monoisotopic (exact) mass is 219 g/mol. The Bertz CT molecular complexity index is 377. The van der Waals surface area contributed by atoms with Crippen LogP contribution in [0.25, 0.3) is 0 Å². The Morgan fingerprint density at radius 1 is 1.25 bits per heavy atom. The van der Waals surface area contributed by atoms with E-state index >= 15 is 0 Å². The molecule has 0 unspecified atom stereocenters. The number of methoxy groups -OCH3 is 1. The minimum Gasteiger partial charge on any atom is -0.496 e. The van der Waals surface area contributed by atoms with Crippen molar-refractivity contribution in [1.82, 2.24) is 0 Å². The maximum Gasteiger partial charge on any atom is 0.122 e. The number of para-hydroxylation sites is 1. The third-order valence-corrected chi connectivity index (χ3v) is 3.28. The van der Waals surface area contributed by atoms with Crippen LogP contribution in [-0.4, -0.2) is 18.0 Å². The summed E-state index contributed by atoms with van der Waals surface area (Å²) in [5, 5.41) is 12.0. The van der Waals surface area contributed by atoms with E-state index in [1.807, 2.05) is 18.2 Å². The second-order valence-electron chi connectivity index (χ2n) is 4.18. The molecule has 0 atom stereocenters. The van der Waals surface area contributed by atoms with Gasteiger partial charge in [-0.05, 0) is 43.2 Å². The molecule has 86 valence electrons. The third-order valence-electron chi connectivity index (χ3n) is 3.28. The van der Waals surface area contributed by atoms with Crippen molar-refractivity contribution in [2.75, 3.05) is 7.11 Å². The Morgan fingerprint density at radius 2 is 1.94 bits per heavy atom. The first-order valence-electron chi connectivity index (χ1n) is 5.68. The van der Waals surface area contributed by atoms with Crippen molar-refractivity contribution in [3.63, 3.8) is 0 Å². The van der Waals surface area contributed by atoms with Crippen molar-refractivity contribution < 1.29 is 9.94 Å². The summed E-state index contributed by atoms with van der Waals surface area (Å²) < 4.78 is 5.37. The first kappa shape index (κ1) is 11.0. The molecule has 1 aromatic carbocycles. The van der Waals surface area contributed by atoms with Crippen molar-refractivity contribution in [2.24, 2.45) is 5.16 Å². The van der Waals surface area contributed by atoms with Crippen LogP contribution in [0.3, 0.4) is 0 Å². The molecule has 1 saturated carbocycles. The Hall–Kier alpha value is -1.51. The van der Waals surface area contributed by atoms with Crippen LogP contribution in [0.5, 0.6) is 5.75 Å². The topological polar surface area (TPSA) is 41.8 Å². The number of oxime groups is 1. The smallest absolute Gasteiger partial charge is 0.122 e. The summed E-state index contributed by atoms with van der Waals surface area (Å²) in [6.07, 6.45) is 3.86. The zero-order chi connectivity index (χ0) is 11.4. The number of rotatable bonds is 2. The van der Waals surface area contributed by atoms with Gasteiger partial charge in [-0.1, -0.05) is 23.4 Å². The molecular weight excluding hydrogens is 202 g/mol. The molecule has 1 aliphatic rings. The summed E-state index contributed by atoms with van der Waals surface area (Å²) in [6, 6.07) is 8.18. The van der Waals surface area contributed by atoms with E-state index in [2.05, 4.69) is 11.2 Å². The quantitative estimate of drug-likeness (QED) is 0.613. The zero-order valence-electron chi connectivity index (χ0n) is 9.52. The molecule has 16 heavy (non-hydrogen) atoms. The lowest BCUT2D eigenvalue weighted by molar-refractivity contribution is 0.313. The fourth-order valence-corrected chi connectivity index (χ4v) is 2.37. The van der Waals surface area contributed by atoms with Gasteiger partial charge in [0.2, 0.25) is 0 Å². The van der Waals surface area contributed by atoms with Gasteiger partial charge in [0.15, 0.2) is 0 Å². The van der Waals surface area contributed by atoms with Crippen molar-refractivity contribution in [2.45, 2.75) is 31.6 Å². The molecule has 0 amide bonds. The van der Waals surface area contributed by atoms with Crippen molar-refractivity contribution >= 4 is 5.71 Å². The van der Waals surface area contributed by atoms with Gasteiger partial charge in [0.25, 0.3) is 0 Å². The lowest BCUT2D eigenvalue weighted by Crippen LogP contribution is -2.13. The van der Waals surface area contributed by atoms with Gasteiger partial charge >= 0.3 is 0 Å². The molecule has 0 radical (unpaired) electrons. The highest BCUT2D eigenvalue weighted by Crippen LogP contribution is 2.36. The van der Waals surface area contributed by atoms with Crippen LogP contribution >= 0.6 is 0 Å². The average Bonchev–Trinajstić information content (AvgIpc) is 2.39. The van der Waals surface area contributed by atoms with Gasteiger partial charge in [0, 0.05) is 0 Å². The normalized spacial score (nSPS) is 20.6. The first-order valence-corrected chi connectivity index (χ1v) is 5.68. The molecular formula is C13H17NO2. The molecule has 0 aliphatic heterocycles. The van der Waals surface area contributed by atoms with Crippen LogP contribution in [0, 0.1) is 0 Å². The molecule has 1 fully saturated rings. The highest BCUT2D eigenvalue weighted by Gasteiger charge is 2.21. The fraction of sp³-hybridized carbons (Fsp3) is 0.462. The molecule has 1 aliphatic carbocycles. The largest absolute Gasteiger partial charge is 0.496 e. The minimum absolute atomic E-state index is 0.529. The Balaban J connectivity index is 2.13. The number of nitrogens with zero attached hydrogens (tertiary/aromatic N) is 1. The van der Waals surface area contributed by atoms with Gasteiger partial charge < -0.3 is 9.94 Å². The SMILES string of the molecule is COc1ccccc1C1CCC(=NO)CC1. The summed E-state index contributed by atoms with van der Waals surface area (Å²) in [7, 11) is 1.71. The van der Waals surface area contributed by atoms with E-state index in [4.69, 9.17) is 9.94 Å². The molecule has 3 nitrogen and oxygen atoms in total. The molecule has 3 heteroatoms. The minimum atomic E-state index is 0.529. The molecule has 2 rings (SSSR count). The molecule has 0 spiro atoms. The van der Waals surface area contributed by atoms with E-state index in [1.165, 1.54) is 5.56 Å². The number of ether oxygens (including phenoxy) is 1. The third kappa shape index (κ3) is 2.18. The van der Waals surface area contributed by atoms with Crippen LogP contribution in [0.1, 0.15) is 37.2 Å². The van der Waals surface area contributed by atoms with Gasteiger partial charge in [-0.25, -0.2) is 0 Å². The van der Waals surface area contributed by atoms with Crippen molar-refractivity contribution in [3.8, 4) is 5.75 Å². The van der Waals surface area contributed by atoms with E-state index in [9.17, 15) is 0 Å². The van der Waals surface area contributed by atoms with E-state index < -0.39 is 0 Å². The Morgan fingerprint density at radius 3 is 2.56 bits per heavy atom. The van der Waals surface area contributed by atoms with Gasteiger partial charge in [0.1, 0.15) is 5.75 Å². The van der Waals surface area contributed by atoms with E-state index in [-0.39, 0.29) is 0 Å². The van der Waals surface area contributed by atoms with Crippen molar-refractivity contribution in [1.29, 1.82) is 0 Å². The van der Waals surface area contributed by atoms with E-state index in [1.54, 1.807) is 7.11 Å². The van der Waals surface area contributed by atoms with Gasteiger partial charge in [-0.2, -0.15) is 0 Å². The standard InChI is InChI=1S/C13H17NO2/c1-16-13-5-3-2-4-12(13)10-6-8-11(14-15)9-7-10/h2-5,10,15H,6-9H2,1H3. The number of benzene rings is 1. The van der Waals surface area contributed by atoms with Crippen molar-refractivity contribution in [3.05, 3.63) is 29.8 Å². The van der Waals surface area contributed by atoms with Crippen LogP contribution in [0.15, 0.2) is 29.4 Å². The molecule has 0 heterocycles. The lowest BCUT2D eigenvalue weighted by atomic mass is 9.83. The van der Waals surface area contributed by atoms with E-state index in [0.717, 1.165) is 37.1 Å². The first-order chi connectivity index (χ1) is 7.85. The summed E-state index contributed by atoms with van der Waals surface area (Å²) in [5.41, 5.74) is 2.20. The molecule has 0 saturated heterocycles. The van der Waals surface area contributed by atoms with Crippen LogP contribution in [-0.2, 0) is 0 Å². The maximum absolute atomic E-state index is 8.71. The average molecular weight is 219 g/mol. The highest BCUT2D eigenvalue weighted by molar-refractivity contribution is 5.84. The number of hydrogen-bond donors (Lipinski definition) is 1. The Labute approximate surface area is 95.7 Å². The summed E-state index contributed by atoms with van der Waals surface area (Å²) >= 11 is 0. The molecule has 1 N–H and O–H groups in total. The van der Waals surface area contributed by atoms with E-state index in [0.29, 0.717) is 5.92 Å². The Kier molecular flexibility index (Phi) is 3.44. The summed E-state index contributed by atoms with van der Waals surface area (Å²) in [5.74, 6) is 1.50. The fourth-order valence-electron chi connectivity index (χ4n) is 2.37. The second kappa shape index (κ2) is 5.01. The van der Waals surface area contributed by atoms with Crippen LogP contribution < -0.4 is 4.74 Å².